The summed E-state index contributed by atoms with van der Waals surface area (Å²) in [6.45, 7) is 4.41. The number of aliphatic hydroxyl groups excluding tert-OH is 2. The summed E-state index contributed by atoms with van der Waals surface area (Å²) in [5.41, 5.74) is 0. The molecule has 0 bridgehead atoms. The first-order chi connectivity index (χ1) is 37.7. The average Bonchev–Trinajstić information content (AvgIpc) is 3.42. The van der Waals surface area contributed by atoms with Crippen molar-refractivity contribution < 1.29 is 15.0 Å². The molecule has 0 spiro atoms. The van der Waals surface area contributed by atoms with E-state index in [1.54, 1.807) is 0 Å². The molecule has 0 heterocycles. The second kappa shape index (κ2) is 68.4. The van der Waals surface area contributed by atoms with E-state index in [4.69, 9.17) is 0 Å². The van der Waals surface area contributed by atoms with Crippen LogP contribution >= 0.6 is 0 Å². The van der Waals surface area contributed by atoms with Gasteiger partial charge in [0, 0.05) is 6.42 Å². The van der Waals surface area contributed by atoms with Crippen molar-refractivity contribution in [3.63, 3.8) is 0 Å². The number of nitrogens with one attached hydrogen (secondary N) is 1. The highest BCUT2D eigenvalue weighted by Crippen LogP contribution is 2.20. The molecule has 0 rings (SSSR count). The topological polar surface area (TPSA) is 69.6 Å². The molecule has 0 aromatic carbocycles. The number of hydrogen-bond donors (Lipinski definition) is 3. The minimum absolute atomic E-state index is 0.0201. The highest BCUT2D eigenvalue weighted by molar-refractivity contribution is 5.76. The standard InChI is InChI=1S/C72H143NO3/c1-3-5-7-9-11-13-15-17-19-21-23-25-27-28-29-30-31-32-33-34-35-36-37-38-39-40-41-42-43-44-46-48-50-52-54-56-58-60-62-64-66-68-72(76)73-70(69-74)71(75)67-65-63-61-59-57-55-53-51-49-47-45-26-24-22-20-18-16-14-12-10-8-6-4-2/h21,23,70-71,74-75H,3-20,22,24-69H2,1-2H3,(H,73,76)/b23-21-. The monoisotopic (exact) mass is 1070 g/mol. The average molecular weight is 1070 g/mol. The van der Waals surface area contributed by atoms with Crippen LogP contribution < -0.4 is 5.32 Å². The van der Waals surface area contributed by atoms with Crippen molar-refractivity contribution in [2.45, 2.75) is 437 Å². The predicted molar refractivity (Wildman–Crippen MR) is 341 cm³/mol. The van der Waals surface area contributed by atoms with Crippen molar-refractivity contribution in [1.82, 2.24) is 5.32 Å². The van der Waals surface area contributed by atoms with Crippen molar-refractivity contribution in [2.24, 2.45) is 0 Å². The van der Waals surface area contributed by atoms with Gasteiger partial charge in [-0.25, -0.2) is 0 Å². The van der Waals surface area contributed by atoms with Gasteiger partial charge in [-0.05, 0) is 38.5 Å². The number of carbonyl (C=O) groups excluding carboxylic acids is 1. The lowest BCUT2D eigenvalue weighted by atomic mass is 10.0. The number of unbranched alkanes of at least 4 members (excludes halogenated alkanes) is 59. The molecule has 0 saturated heterocycles. The predicted octanol–water partition coefficient (Wildman–Crippen LogP) is 24.4. The van der Waals surface area contributed by atoms with Gasteiger partial charge in [-0.15, -0.1) is 0 Å². The molecule has 2 unspecified atom stereocenters. The third kappa shape index (κ3) is 64.0. The summed E-state index contributed by atoms with van der Waals surface area (Å²) in [5.74, 6) is -0.0201. The number of hydrogen-bond acceptors (Lipinski definition) is 3. The fourth-order valence-electron chi connectivity index (χ4n) is 11.8. The highest BCUT2D eigenvalue weighted by atomic mass is 16.3. The molecule has 0 radical (unpaired) electrons. The smallest absolute Gasteiger partial charge is 0.220 e. The van der Waals surface area contributed by atoms with Crippen molar-refractivity contribution in [3.8, 4) is 0 Å². The molecule has 0 aromatic rings. The number of aliphatic hydroxyl groups is 2. The Kier molecular flexibility index (Phi) is 67.6. The number of allylic oxidation sites excluding steroid dienone is 2. The van der Waals surface area contributed by atoms with Crippen LogP contribution in [0.1, 0.15) is 425 Å². The molecule has 0 aromatic heterocycles. The van der Waals surface area contributed by atoms with Crippen LogP contribution in [0.3, 0.4) is 0 Å². The Morgan fingerprint density at radius 2 is 0.500 bits per heavy atom. The summed E-state index contributed by atoms with van der Waals surface area (Å²) in [6.07, 6.45) is 91.5. The lowest BCUT2D eigenvalue weighted by molar-refractivity contribution is -0.123. The second-order valence-corrected chi connectivity index (χ2v) is 25.0. The number of amides is 1. The minimum Gasteiger partial charge on any atom is -0.394 e. The summed E-state index contributed by atoms with van der Waals surface area (Å²) in [6, 6.07) is -0.533. The van der Waals surface area contributed by atoms with Gasteiger partial charge in [0.1, 0.15) is 0 Å². The molecule has 76 heavy (non-hydrogen) atoms. The molecule has 0 aliphatic rings. The minimum atomic E-state index is -0.657. The quantitative estimate of drug-likeness (QED) is 0.0420. The molecule has 3 N–H and O–H groups in total. The first-order valence-electron chi connectivity index (χ1n) is 35.9. The maximum absolute atomic E-state index is 12.6. The van der Waals surface area contributed by atoms with Crippen molar-refractivity contribution in [1.29, 1.82) is 0 Å². The van der Waals surface area contributed by atoms with Crippen LogP contribution in [0.2, 0.25) is 0 Å². The second-order valence-electron chi connectivity index (χ2n) is 25.0. The van der Waals surface area contributed by atoms with Crippen LogP contribution in [0.25, 0.3) is 0 Å². The molecule has 0 aliphatic heterocycles. The molecule has 4 nitrogen and oxygen atoms in total. The van der Waals surface area contributed by atoms with E-state index in [1.807, 2.05) is 0 Å². The molecule has 454 valence electrons. The van der Waals surface area contributed by atoms with Crippen molar-refractivity contribution in [3.05, 3.63) is 12.2 Å². The zero-order valence-electron chi connectivity index (χ0n) is 52.6. The first-order valence-corrected chi connectivity index (χ1v) is 35.9. The zero-order chi connectivity index (χ0) is 54.8. The lowest BCUT2D eigenvalue weighted by Gasteiger charge is -2.22. The number of rotatable bonds is 68. The van der Waals surface area contributed by atoms with Gasteiger partial charge in [-0.1, -0.05) is 392 Å². The zero-order valence-corrected chi connectivity index (χ0v) is 52.6. The van der Waals surface area contributed by atoms with Gasteiger partial charge < -0.3 is 15.5 Å². The van der Waals surface area contributed by atoms with Gasteiger partial charge in [0.15, 0.2) is 0 Å². The maximum atomic E-state index is 12.6. The largest absolute Gasteiger partial charge is 0.394 e. The summed E-state index contributed by atoms with van der Waals surface area (Å²) >= 11 is 0. The van der Waals surface area contributed by atoms with Crippen LogP contribution in [-0.2, 0) is 4.79 Å². The third-order valence-corrected chi connectivity index (χ3v) is 17.3. The molecule has 0 aliphatic carbocycles. The molecular weight excluding hydrogens is 927 g/mol. The highest BCUT2D eigenvalue weighted by Gasteiger charge is 2.20. The summed E-state index contributed by atoms with van der Waals surface area (Å²) in [4.78, 5) is 12.6. The van der Waals surface area contributed by atoms with Gasteiger partial charge in [0.2, 0.25) is 5.91 Å². The van der Waals surface area contributed by atoms with Crippen LogP contribution in [0.5, 0.6) is 0 Å². The Hall–Kier alpha value is -0.870. The number of carbonyl (C=O) groups is 1. The molecule has 0 fully saturated rings. The van der Waals surface area contributed by atoms with Gasteiger partial charge in [0.25, 0.3) is 0 Å². The normalized spacial score (nSPS) is 12.6. The van der Waals surface area contributed by atoms with E-state index in [9.17, 15) is 15.0 Å². The Bertz CT molecular complexity index is 1080. The molecular formula is C72H143NO3. The fourth-order valence-corrected chi connectivity index (χ4v) is 11.8. The van der Waals surface area contributed by atoms with E-state index in [0.29, 0.717) is 12.8 Å². The van der Waals surface area contributed by atoms with Crippen LogP contribution in [0, 0.1) is 0 Å². The molecule has 1 amide bonds. The van der Waals surface area contributed by atoms with E-state index in [2.05, 4.69) is 31.3 Å². The van der Waals surface area contributed by atoms with E-state index in [0.717, 1.165) is 25.7 Å². The van der Waals surface area contributed by atoms with Gasteiger partial charge in [0.05, 0.1) is 18.8 Å². The lowest BCUT2D eigenvalue weighted by Crippen LogP contribution is -2.45. The van der Waals surface area contributed by atoms with E-state index < -0.39 is 12.1 Å². The van der Waals surface area contributed by atoms with Crippen LogP contribution in [-0.4, -0.2) is 34.9 Å². The van der Waals surface area contributed by atoms with Gasteiger partial charge in [-0.2, -0.15) is 0 Å². The van der Waals surface area contributed by atoms with Crippen molar-refractivity contribution in [2.75, 3.05) is 6.61 Å². The van der Waals surface area contributed by atoms with E-state index in [1.165, 1.54) is 372 Å². The summed E-state index contributed by atoms with van der Waals surface area (Å²) in [7, 11) is 0. The summed E-state index contributed by atoms with van der Waals surface area (Å²) in [5, 5.41) is 23.5. The van der Waals surface area contributed by atoms with Gasteiger partial charge >= 0.3 is 0 Å². The van der Waals surface area contributed by atoms with Crippen molar-refractivity contribution >= 4 is 5.91 Å². The molecule has 0 saturated carbocycles. The van der Waals surface area contributed by atoms with E-state index >= 15 is 0 Å². The van der Waals surface area contributed by atoms with Crippen LogP contribution in [0.4, 0.5) is 0 Å². The maximum Gasteiger partial charge on any atom is 0.220 e. The SMILES string of the molecule is CCCCCCCCCC/C=C\CCCCCCCCCCCCCCCCCCCCCCCCCCCCCCCC(=O)NC(CO)C(O)CCCCCCCCCCCCCCCCCCCCCCCCC. The Morgan fingerprint density at radius 3 is 0.724 bits per heavy atom. The van der Waals surface area contributed by atoms with Gasteiger partial charge in [-0.3, -0.25) is 4.79 Å². The Balaban J connectivity index is 3.34. The summed E-state index contributed by atoms with van der Waals surface area (Å²) < 4.78 is 0. The molecule has 2 atom stereocenters. The Labute approximate surface area is 479 Å². The third-order valence-electron chi connectivity index (χ3n) is 17.3. The Morgan fingerprint density at radius 1 is 0.303 bits per heavy atom. The fraction of sp³-hybridized carbons (Fsp3) is 0.958. The van der Waals surface area contributed by atoms with Crippen LogP contribution in [0.15, 0.2) is 12.2 Å². The first kappa shape index (κ1) is 75.1. The molecule has 4 heteroatoms. The van der Waals surface area contributed by atoms with E-state index in [-0.39, 0.29) is 12.5 Å².